The number of nitrogens with zero attached hydrogens (tertiary/aromatic N) is 1. The second-order valence-corrected chi connectivity index (χ2v) is 8.86. The highest BCUT2D eigenvalue weighted by molar-refractivity contribution is 9.10. The lowest BCUT2D eigenvalue weighted by Crippen LogP contribution is -2.39. The summed E-state index contributed by atoms with van der Waals surface area (Å²) in [6, 6.07) is 3.55. The van der Waals surface area contributed by atoms with E-state index in [1.807, 2.05) is 26.8 Å². The van der Waals surface area contributed by atoms with Crippen LogP contribution >= 0.6 is 28.3 Å². The van der Waals surface area contributed by atoms with Crippen LogP contribution in [0.25, 0.3) is 0 Å². The monoisotopic (exact) mass is 398 g/mol. The number of benzene rings is 1. The maximum absolute atomic E-state index is 12.7. The molecule has 7 heteroatoms. The minimum Gasteiger partial charge on any atom is -0.330 e. The van der Waals surface area contributed by atoms with E-state index in [1.54, 1.807) is 20.0 Å². The van der Waals surface area contributed by atoms with Gasteiger partial charge in [0.25, 0.3) is 0 Å². The molecular weight excluding hydrogens is 376 g/mol. The van der Waals surface area contributed by atoms with E-state index in [4.69, 9.17) is 5.73 Å². The largest absolute Gasteiger partial charge is 0.330 e. The van der Waals surface area contributed by atoms with Crippen molar-refractivity contribution in [2.24, 2.45) is 11.1 Å². The third-order valence-corrected chi connectivity index (χ3v) is 6.15. The van der Waals surface area contributed by atoms with E-state index in [0.717, 1.165) is 15.6 Å². The Morgan fingerprint density at radius 3 is 2.24 bits per heavy atom. The van der Waals surface area contributed by atoms with E-state index in [0.29, 0.717) is 18.0 Å². The molecule has 0 fully saturated rings. The minimum atomic E-state index is -3.50. The zero-order valence-corrected chi connectivity index (χ0v) is 16.3. The predicted octanol–water partition coefficient (Wildman–Crippen LogP) is 3.09. The molecule has 2 N–H and O–H groups in total. The highest BCUT2D eigenvalue weighted by Crippen LogP contribution is 2.27. The maximum Gasteiger partial charge on any atom is 0.243 e. The van der Waals surface area contributed by atoms with Gasteiger partial charge in [0.1, 0.15) is 0 Å². The molecule has 0 aliphatic carbocycles. The minimum absolute atomic E-state index is 0. The van der Waals surface area contributed by atoms with Crippen LogP contribution in [0.3, 0.4) is 0 Å². The molecule has 4 nitrogen and oxygen atoms in total. The zero-order valence-electron chi connectivity index (χ0n) is 13.1. The van der Waals surface area contributed by atoms with E-state index in [9.17, 15) is 8.42 Å². The smallest absolute Gasteiger partial charge is 0.243 e. The summed E-state index contributed by atoms with van der Waals surface area (Å²) in [5.41, 5.74) is 7.07. The second kappa shape index (κ2) is 7.42. The van der Waals surface area contributed by atoms with Gasteiger partial charge in [0.05, 0.1) is 4.90 Å². The molecule has 0 amide bonds. The molecule has 0 radical (unpaired) electrons. The summed E-state index contributed by atoms with van der Waals surface area (Å²) in [7, 11) is -1.89. The van der Waals surface area contributed by atoms with Gasteiger partial charge in [-0.3, -0.25) is 0 Å². The topological polar surface area (TPSA) is 63.4 Å². The first-order valence-corrected chi connectivity index (χ1v) is 8.68. The normalized spacial score (nSPS) is 12.4. The highest BCUT2D eigenvalue weighted by Gasteiger charge is 2.28. The van der Waals surface area contributed by atoms with E-state index in [2.05, 4.69) is 15.9 Å². The van der Waals surface area contributed by atoms with E-state index < -0.39 is 10.0 Å². The number of hydrogen-bond donors (Lipinski definition) is 1. The van der Waals surface area contributed by atoms with Gasteiger partial charge in [-0.25, -0.2) is 12.7 Å². The van der Waals surface area contributed by atoms with Crippen molar-refractivity contribution < 1.29 is 8.42 Å². The summed E-state index contributed by atoms with van der Waals surface area (Å²) in [5, 5.41) is 0. The van der Waals surface area contributed by atoms with Crippen molar-refractivity contribution in [1.82, 2.24) is 4.31 Å². The molecule has 122 valence electrons. The fourth-order valence-electron chi connectivity index (χ4n) is 1.95. The molecule has 0 aromatic heterocycles. The molecular formula is C14H24BrClN2O2S. The fourth-order valence-corrected chi connectivity index (χ4v) is 4.06. The standard InChI is InChI=1S/C14H23BrN2O2S.ClH/c1-10-7-13(11(2)6-12(10)15)20(18,19)17(5)9-14(3,4)8-16;/h6-7H,8-9,16H2,1-5H3;1H. The summed E-state index contributed by atoms with van der Waals surface area (Å²) in [4.78, 5) is 0.355. The summed E-state index contributed by atoms with van der Waals surface area (Å²) in [5.74, 6) is 0. The number of aryl methyl sites for hydroxylation is 2. The summed E-state index contributed by atoms with van der Waals surface area (Å²) in [6.45, 7) is 8.42. The van der Waals surface area contributed by atoms with Crippen LogP contribution in [0.5, 0.6) is 0 Å². The van der Waals surface area contributed by atoms with Gasteiger partial charge in [-0.1, -0.05) is 29.8 Å². The summed E-state index contributed by atoms with van der Waals surface area (Å²) >= 11 is 3.42. The maximum atomic E-state index is 12.7. The molecule has 0 saturated carbocycles. The summed E-state index contributed by atoms with van der Waals surface area (Å²) in [6.07, 6.45) is 0. The fraction of sp³-hybridized carbons (Fsp3) is 0.571. The van der Waals surface area contributed by atoms with Crippen LogP contribution in [-0.2, 0) is 10.0 Å². The molecule has 0 unspecified atom stereocenters. The van der Waals surface area contributed by atoms with Gasteiger partial charge in [0.15, 0.2) is 0 Å². The highest BCUT2D eigenvalue weighted by atomic mass is 79.9. The van der Waals surface area contributed by atoms with Crippen molar-refractivity contribution in [1.29, 1.82) is 0 Å². The Bertz CT molecular complexity index is 603. The Hall–Kier alpha value is -0.140. The van der Waals surface area contributed by atoms with E-state index >= 15 is 0 Å². The van der Waals surface area contributed by atoms with Crippen molar-refractivity contribution in [3.05, 3.63) is 27.7 Å². The zero-order chi connectivity index (χ0) is 15.7. The molecule has 0 aliphatic heterocycles. The van der Waals surface area contributed by atoms with Gasteiger partial charge in [0, 0.05) is 18.1 Å². The molecule has 0 saturated heterocycles. The van der Waals surface area contributed by atoms with Gasteiger partial charge >= 0.3 is 0 Å². The Labute approximate surface area is 142 Å². The van der Waals surface area contributed by atoms with Crippen molar-refractivity contribution in [2.75, 3.05) is 20.1 Å². The van der Waals surface area contributed by atoms with Gasteiger partial charge in [-0.2, -0.15) is 0 Å². The molecule has 1 aromatic rings. The van der Waals surface area contributed by atoms with Gasteiger partial charge < -0.3 is 5.73 Å². The third-order valence-electron chi connectivity index (χ3n) is 3.35. The Balaban J connectivity index is 0.00000400. The first-order valence-electron chi connectivity index (χ1n) is 6.44. The van der Waals surface area contributed by atoms with Crippen molar-refractivity contribution in [3.63, 3.8) is 0 Å². The lowest BCUT2D eigenvalue weighted by atomic mass is 9.94. The quantitative estimate of drug-likeness (QED) is 0.827. The number of rotatable bonds is 5. The summed E-state index contributed by atoms with van der Waals surface area (Å²) < 4.78 is 27.7. The molecule has 0 bridgehead atoms. The predicted molar refractivity (Wildman–Crippen MR) is 93.5 cm³/mol. The first-order chi connectivity index (χ1) is 9.01. The molecule has 1 aromatic carbocycles. The lowest BCUT2D eigenvalue weighted by molar-refractivity contribution is 0.292. The average Bonchev–Trinajstić information content (AvgIpc) is 2.33. The Morgan fingerprint density at radius 1 is 1.24 bits per heavy atom. The van der Waals surface area contributed by atoms with Crippen LogP contribution < -0.4 is 5.73 Å². The number of hydrogen-bond acceptors (Lipinski definition) is 3. The van der Waals surface area contributed by atoms with Crippen LogP contribution in [0.2, 0.25) is 0 Å². The Morgan fingerprint density at radius 2 is 1.76 bits per heavy atom. The van der Waals surface area contributed by atoms with Gasteiger partial charge in [-0.15, -0.1) is 12.4 Å². The molecule has 0 spiro atoms. The van der Waals surface area contributed by atoms with Crippen LogP contribution in [0.15, 0.2) is 21.5 Å². The van der Waals surface area contributed by atoms with Crippen molar-refractivity contribution >= 4 is 38.4 Å². The van der Waals surface area contributed by atoms with Gasteiger partial charge in [0.2, 0.25) is 10.0 Å². The molecule has 0 atom stereocenters. The van der Waals surface area contributed by atoms with Crippen LogP contribution in [0, 0.1) is 19.3 Å². The average molecular weight is 400 g/mol. The van der Waals surface area contributed by atoms with E-state index in [1.165, 1.54) is 4.31 Å². The second-order valence-electron chi connectivity index (χ2n) is 6.00. The number of sulfonamides is 1. The third kappa shape index (κ3) is 4.93. The van der Waals surface area contributed by atoms with Crippen LogP contribution in [0.4, 0.5) is 0 Å². The Kier molecular flexibility index (Phi) is 7.37. The van der Waals surface area contributed by atoms with Crippen molar-refractivity contribution in [3.8, 4) is 0 Å². The van der Waals surface area contributed by atoms with Crippen LogP contribution in [0.1, 0.15) is 25.0 Å². The van der Waals surface area contributed by atoms with E-state index in [-0.39, 0.29) is 17.8 Å². The first kappa shape index (κ1) is 20.9. The molecule has 0 heterocycles. The number of halogens is 2. The van der Waals surface area contributed by atoms with Gasteiger partial charge in [-0.05, 0) is 49.1 Å². The SMILES string of the molecule is Cc1cc(S(=O)(=O)N(C)CC(C)(C)CN)c(C)cc1Br.Cl. The molecule has 0 aliphatic rings. The van der Waals surface area contributed by atoms with Crippen molar-refractivity contribution in [2.45, 2.75) is 32.6 Å². The molecule has 1 rings (SSSR count). The van der Waals surface area contributed by atoms with Crippen LogP contribution in [-0.4, -0.2) is 32.9 Å². The molecule has 21 heavy (non-hydrogen) atoms. The lowest BCUT2D eigenvalue weighted by Gasteiger charge is -2.29. The number of nitrogens with two attached hydrogens (primary N) is 1.